The van der Waals surface area contributed by atoms with E-state index in [1.54, 1.807) is 38.3 Å². The van der Waals surface area contributed by atoms with Crippen LogP contribution >= 0.6 is 0 Å². The minimum Gasteiger partial charge on any atom is -0.497 e. The summed E-state index contributed by atoms with van der Waals surface area (Å²) in [5.41, 5.74) is 1.59. The lowest BCUT2D eigenvalue weighted by molar-refractivity contribution is -0.139. The second-order valence-corrected chi connectivity index (χ2v) is 6.78. The lowest BCUT2D eigenvalue weighted by atomic mass is 9.94. The van der Waals surface area contributed by atoms with Gasteiger partial charge in [-0.15, -0.1) is 0 Å². The van der Waals surface area contributed by atoms with Gasteiger partial charge >= 0.3 is 12.0 Å². The Bertz CT molecular complexity index is 798. The van der Waals surface area contributed by atoms with Gasteiger partial charge in [0.1, 0.15) is 5.75 Å². The van der Waals surface area contributed by atoms with Gasteiger partial charge in [-0.3, -0.25) is 4.90 Å². The normalized spacial score (nSPS) is 17.2. The highest BCUT2D eigenvalue weighted by Gasteiger charge is 2.34. The van der Waals surface area contributed by atoms with Gasteiger partial charge in [0.2, 0.25) is 0 Å². The molecule has 0 aromatic heterocycles. The number of nitrogens with one attached hydrogen (secondary N) is 2. The van der Waals surface area contributed by atoms with Crippen LogP contribution in [0, 0.1) is 17.2 Å². The van der Waals surface area contributed by atoms with Crippen molar-refractivity contribution < 1.29 is 19.1 Å². The van der Waals surface area contributed by atoms with Crippen molar-refractivity contribution in [1.29, 1.82) is 5.26 Å². The van der Waals surface area contributed by atoms with E-state index in [-0.39, 0.29) is 12.5 Å². The third kappa shape index (κ3) is 5.72. The number of esters is 1. The molecule has 1 heterocycles. The number of carbonyl (C=O) groups is 2. The summed E-state index contributed by atoms with van der Waals surface area (Å²) >= 11 is 0. The Kier molecular flexibility index (Phi) is 8.04. The van der Waals surface area contributed by atoms with E-state index in [1.807, 2.05) is 18.7 Å². The van der Waals surface area contributed by atoms with Gasteiger partial charge in [0.05, 0.1) is 37.3 Å². The Morgan fingerprint density at radius 3 is 2.55 bits per heavy atom. The second-order valence-electron chi connectivity index (χ2n) is 6.78. The van der Waals surface area contributed by atoms with Gasteiger partial charge in [0.25, 0.3) is 0 Å². The summed E-state index contributed by atoms with van der Waals surface area (Å²) in [7, 11) is 1.57. The van der Waals surface area contributed by atoms with Crippen molar-refractivity contribution in [2.75, 3.05) is 33.4 Å². The molecule has 1 aliphatic heterocycles. The van der Waals surface area contributed by atoms with Crippen LogP contribution in [0.5, 0.6) is 5.75 Å². The molecule has 0 bridgehead atoms. The minimum absolute atomic E-state index is 0.170. The average Bonchev–Trinajstić information content (AvgIpc) is 2.72. The maximum atomic E-state index is 12.8. The summed E-state index contributed by atoms with van der Waals surface area (Å²) in [6, 6.07) is 8.35. The number of hydrogen-bond donors (Lipinski definition) is 2. The van der Waals surface area contributed by atoms with Crippen molar-refractivity contribution in [3.05, 3.63) is 41.1 Å². The molecule has 156 valence electrons. The molecule has 0 aliphatic carbocycles. The van der Waals surface area contributed by atoms with Gasteiger partial charge in [0.15, 0.2) is 0 Å². The lowest BCUT2D eigenvalue weighted by Gasteiger charge is -2.32. The van der Waals surface area contributed by atoms with Gasteiger partial charge in [-0.25, -0.2) is 9.59 Å². The number of nitrogens with zero attached hydrogens (tertiary/aromatic N) is 2. The van der Waals surface area contributed by atoms with E-state index in [0.717, 1.165) is 5.56 Å². The molecule has 0 saturated carbocycles. The SMILES string of the molecule is CCOC(=O)C1=C(CN(CC)CC(C)C#N)NC(=O)NC1c1ccc(OC)cc1. The fourth-order valence-corrected chi connectivity index (χ4v) is 3.20. The Hall–Kier alpha value is -3.05. The van der Waals surface area contributed by atoms with Crippen molar-refractivity contribution in [3.63, 3.8) is 0 Å². The number of benzene rings is 1. The van der Waals surface area contributed by atoms with Gasteiger partial charge in [0, 0.05) is 18.8 Å². The minimum atomic E-state index is -0.643. The van der Waals surface area contributed by atoms with E-state index in [2.05, 4.69) is 16.7 Å². The predicted molar refractivity (Wildman–Crippen MR) is 108 cm³/mol. The van der Waals surface area contributed by atoms with E-state index in [4.69, 9.17) is 14.7 Å². The van der Waals surface area contributed by atoms with Gasteiger partial charge in [-0.2, -0.15) is 5.26 Å². The van der Waals surface area contributed by atoms with Crippen LogP contribution in [0.2, 0.25) is 0 Å². The molecule has 2 atom stereocenters. The summed E-state index contributed by atoms with van der Waals surface area (Å²) in [5.74, 6) is 0.0233. The van der Waals surface area contributed by atoms with Crippen LogP contribution in [0.1, 0.15) is 32.4 Å². The lowest BCUT2D eigenvalue weighted by Crippen LogP contribution is -2.48. The number of hydrogen-bond acceptors (Lipinski definition) is 6. The van der Waals surface area contributed by atoms with Gasteiger partial charge < -0.3 is 20.1 Å². The molecule has 0 fully saturated rings. The molecule has 2 amide bonds. The zero-order valence-electron chi connectivity index (χ0n) is 17.3. The molecule has 1 aromatic rings. The summed E-state index contributed by atoms with van der Waals surface area (Å²) < 4.78 is 10.5. The second kappa shape index (κ2) is 10.5. The smallest absolute Gasteiger partial charge is 0.338 e. The summed E-state index contributed by atoms with van der Waals surface area (Å²) in [6.07, 6.45) is 0. The van der Waals surface area contributed by atoms with Crippen LogP contribution in [0.15, 0.2) is 35.5 Å². The summed E-state index contributed by atoms with van der Waals surface area (Å²) in [5, 5.41) is 14.7. The van der Waals surface area contributed by atoms with Crippen LogP contribution in [0.4, 0.5) is 4.79 Å². The molecule has 2 unspecified atom stereocenters. The summed E-state index contributed by atoms with van der Waals surface area (Å²) in [6.45, 7) is 7.30. The van der Waals surface area contributed by atoms with Gasteiger partial charge in [-0.05, 0) is 38.1 Å². The van der Waals surface area contributed by atoms with Gasteiger partial charge in [-0.1, -0.05) is 19.1 Å². The maximum Gasteiger partial charge on any atom is 0.338 e. The average molecular weight is 400 g/mol. The van der Waals surface area contributed by atoms with E-state index < -0.39 is 18.0 Å². The van der Waals surface area contributed by atoms with Crippen LogP contribution in [0.25, 0.3) is 0 Å². The van der Waals surface area contributed by atoms with Crippen molar-refractivity contribution in [3.8, 4) is 11.8 Å². The Morgan fingerprint density at radius 2 is 2.00 bits per heavy atom. The number of amides is 2. The molecule has 8 nitrogen and oxygen atoms in total. The molecule has 0 radical (unpaired) electrons. The molecule has 0 spiro atoms. The van der Waals surface area contributed by atoms with Crippen LogP contribution < -0.4 is 15.4 Å². The standard InChI is InChI=1S/C21H28N4O4/c1-5-25(12-14(3)11-22)13-17-18(20(26)29-6-2)19(24-21(27)23-17)15-7-9-16(28-4)10-8-15/h7-10,14,19H,5-6,12-13H2,1-4H3,(H2,23,24,27). The molecular formula is C21H28N4O4. The number of nitriles is 1. The Morgan fingerprint density at radius 1 is 1.31 bits per heavy atom. The third-order valence-electron chi connectivity index (χ3n) is 4.68. The molecule has 1 aliphatic rings. The molecular weight excluding hydrogens is 372 g/mol. The van der Waals surface area contributed by atoms with Crippen LogP contribution in [0.3, 0.4) is 0 Å². The molecule has 1 aromatic carbocycles. The highest BCUT2D eigenvalue weighted by molar-refractivity contribution is 5.95. The zero-order chi connectivity index (χ0) is 21.4. The topological polar surface area (TPSA) is 104 Å². The number of rotatable bonds is 9. The first-order chi connectivity index (χ1) is 13.9. The quantitative estimate of drug-likeness (QED) is 0.617. The van der Waals surface area contributed by atoms with E-state index in [1.165, 1.54) is 0 Å². The van der Waals surface area contributed by atoms with E-state index in [0.29, 0.717) is 36.7 Å². The van der Waals surface area contributed by atoms with Crippen LogP contribution in [-0.4, -0.2) is 50.3 Å². The predicted octanol–water partition coefficient (Wildman–Crippen LogP) is 2.35. The first-order valence-electron chi connectivity index (χ1n) is 9.67. The molecule has 0 saturated heterocycles. The highest BCUT2D eigenvalue weighted by Crippen LogP contribution is 2.29. The Balaban J connectivity index is 2.45. The van der Waals surface area contributed by atoms with E-state index in [9.17, 15) is 9.59 Å². The fourth-order valence-electron chi connectivity index (χ4n) is 3.20. The highest BCUT2D eigenvalue weighted by atomic mass is 16.5. The number of ether oxygens (including phenoxy) is 2. The fraction of sp³-hybridized carbons (Fsp3) is 0.476. The summed E-state index contributed by atoms with van der Waals surface area (Å²) in [4.78, 5) is 27.2. The van der Waals surface area contributed by atoms with Crippen molar-refractivity contribution in [2.24, 2.45) is 5.92 Å². The monoisotopic (exact) mass is 400 g/mol. The number of methoxy groups -OCH3 is 1. The van der Waals surface area contributed by atoms with Crippen molar-refractivity contribution in [1.82, 2.24) is 15.5 Å². The maximum absolute atomic E-state index is 12.8. The van der Waals surface area contributed by atoms with Crippen LogP contribution in [-0.2, 0) is 9.53 Å². The van der Waals surface area contributed by atoms with Crippen molar-refractivity contribution in [2.45, 2.75) is 26.8 Å². The third-order valence-corrected chi connectivity index (χ3v) is 4.68. The first-order valence-corrected chi connectivity index (χ1v) is 9.67. The number of carbonyl (C=O) groups excluding carboxylic acids is 2. The number of likely N-dealkylation sites (N-methyl/N-ethyl adjacent to an activating group) is 1. The Labute approximate surface area is 171 Å². The largest absolute Gasteiger partial charge is 0.497 e. The molecule has 2 rings (SSSR count). The molecule has 29 heavy (non-hydrogen) atoms. The van der Waals surface area contributed by atoms with Crippen molar-refractivity contribution >= 4 is 12.0 Å². The zero-order valence-corrected chi connectivity index (χ0v) is 17.3. The molecule has 8 heteroatoms. The number of urea groups is 1. The van der Waals surface area contributed by atoms with E-state index >= 15 is 0 Å². The molecule has 2 N–H and O–H groups in total. The first kappa shape index (κ1) is 22.2.